The summed E-state index contributed by atoms with van der Waals surface area (Å²) < 4.78 is 31.4. The summed E-state index contributed by atoms with van der Waals surface area (Å²) in [4.78, 5) is 20.6. The number of nitrogens with one attached hydrogen (secondary N) is 1. The molecule has 1 N–H and O–H groups in total. The van der Waals surface area contributed by atoms with Gasteiger partial charge >= 0.3 is 0 Å². The van der Waals surface area contributed by atoms with E-state index in [-0.39, 0.29) is 11.9 Å². The zero-order valence-corrected chi connectivity index (χ0v) is 21.7. The average molecular weight is 493 g/mol. The molecule has 2 aromatic heterocycles. The molecule has 1 aliphatic carbocycles. The molecule has 9 heteroatoms. The Labute approximate surface area is 201 Å². The molecule has 7 nitrogen and oxygen atoms in total. The van der Waals surface area contributed by atoms with Crippen LogP contribution in [0.2, 0.25) is 0 Å². The van der Waals surface area contributed by atoms with Crippen LogP contribution in [0.3, 0.4) is 0 Å². The molecule has 1 saturated carbocycles. The third-order valence-electron chi connectivity index (χ3n) is 7.06. The second-order valence-electron chi connectivity index (χ2n) is 9.49. The van der Waals surface area contributed by atoms with Crippen LogP contribution in [-0.2, 0) is 17.1 Å². The van der Waals surface area contributed by atoms with Crippen LogP contribution < -0.4 is 4.72 Å². The van der Waals surface area contributed by atoms with Gasteiger partial charge in [0.15, 0.2) is 0 Å². The normalized spacial score (nSPS) is 18.8. The molecule has 2 fully saturated rings. The fraction of sp³-hybridized carbons (Fsp3) is 0.667. The Morgan fingerprint density at radius 3 is 2.30 bits per heavy atom. The first-order valence-corrected chi connectivity index (χ1v) is 14.5. The van der Waals surface area contributed by atoms with E-state index in [1.165, 1.54) is 37.0 Å². The maximum Gasteiger partial charge on any atom is 0.265 e. The monoisotopic (exact) mass is 492 g/mol. The van der Waals surface area contributed by atoms with E-state index in [1.54, 1.807) is 6.07 Å². The van der Waals surface area contributed by atoms with E-state index < -0.39 is 10.0 Å². The fourth-order valence-electron chi connectivity index (χ4n) is 4.95. The molecule has 0 aromatic carbocycles. The molecule has 33 heavy (non-hydrogen) atoms. The maximum atomic E-state index is 13.3. The molecule has 1 amide bonds. The highest BCUT2D eigenvalue weighted by atomic mass is 32.2. The molecule has 0 radical (unpaired) electrons. The first-order valence-electron chi connectivity index (χ1n) is 12.2. The van der Waals surface area contributed by atoms with Crippen molar-refractivity contribution in [2.75, 3.05) is 13.1 Å². The minimum atomic E-state index is -3.63. The summed E-state index contributed by atoms with van der Waals surface area (Å²) in [5.41, 5.74) is 2.12. The topological polar surface area (TPSA) is 84.3 Å². The Bertz CT molecular complexity index is 1090. The van der Waals surface area contributed by atoms with Gasteiger partial charge in [-0.05, 0) is 52.0 Å². The molecule has 1 saturated heterocycles. The minimum Gasteiger partial charge on any atom is -0.345 e. The third-order valence-corrected chi connectivity index (χ3v) is 9.86. The molecule has 4 rings (SSSR count). The van der Waals surface area contributed by atoms with E-state index in [0.29, 0.717) is 26.2 Å². The number of carbonyl (C=O) groups excluding carboxylic acids is 1. The Morgan fingerprint density at radius 2 is 1.64 bits per heavy atom. The van der Waals surface area contributed by atoms with E-state index in [9.17, 15) is 13.2 Å². The first kappa shape index (κ1) is 24.4. The highest BCUT2D eigenvalue weighted by Crippen LogP contribution is 2.33. The van der Waals surface area contributed by atoms with Crippen molar-refractivity contribution in [3.63, 3.8) is 0 Å². The number of hydrogen-bond acceptors (Lipinski definition) is 5. The lowest BCUT2D eigenvalue weighted by molar-refractivity contribution is 0.0728. The van der Waals surface area contributed by atoms with E-state index in [1.807, 2.05) is 30.4 Å². The van der Waals surface area contributed by atoms with E-state index in [0.717, 1.165) is 57.3 Å². The predicted molar refractivity (Wildman–Crippen MR) is 132 cm³/mol. The molecule has 2 aromatic rings. The average Bonchev–Trinajstić information content (AvgIpc) is 3.30. The van der Waals surface area contributed by atoms with Crippen LogP contribution in [0.4, 0.5) is 0 Å². The number of piperidine rings is 1. The molecule has 0 spiro atoms. The van der Waals surface area contributed by atoms with Crippen LogP contribution in [-0.4, -0.2) is 47.9 Å². The van der Waals surface area contributed by atoms with Gasteiger partial charge in [0.2, 0.25) is 10.0 Å². The first-order chi connectivity index (χ1) is 15.8. The van der Waals surface area contributed by atoms with Gasteiger partial charge in [0.1, 0.15) is 14.8 Å². The van der Waals surface area contributed by atoms with E-state index >= 15 is 0 Å². The van der Waals surface area contributed by atoms with Gasteiger partial charge in [0.25, 0.3) is 5.91 Å². The van der Waals surface area contributed by atoms with Gasteiger partial charge in [-0.3, -0.25) is 4.79 Å². The Morgan fingerprint density at radius 1 is 1.03 bits per heavy atom. The van der Waals surface area contributed by atoms with Crippen molar-refractivity contribution >= 4 is 27.3 Å². The van der Waals surface area contributed by atoms with Crippen LogP contribution in [0.25, 0.3) is 10.7 Å². The standard InChI is InChI=1S/C24H36N4O3S2/c1-17-22(24(29)28-14-10-7-11-15-28)32-23(25-17)20-16-21(18(2)27(20)3)33(30,31)26-19-12-8-5-4-6-9-13-19/h16,19,26H,4-15H2,1-3H3. The van der Waals surface area contributed by atoms with Gasteiger partial charge in [-0.1, -0.05) is 32.1 Å². The van der Waals surface area contributed by atoms with Crippen LogP contribution >= 0.6 is 11.3 Å². The number of thiazole rings is 1. The van der Waals surface area contributed by atoms with Crippen molar-refractivity contribution in [1.82, 2.24) is 19.2 Å². The summed E-state index contributed by atoms with van der Waals surface area (Å²) in [6.45, 7) is 5.28. The zero-order valence-electron chi connectivity index (χ0n) is 20.0. The summed E-state index contributed by atoms with van der Waals surface area (Å²) in [5, 5.41) is 0.686. The zero-order chi connectivity index (χ0) is 23.6. The number of hydrogen-bond donors (Lipinski definition) is 1. The molecule has 2 aliphatic rings. The van der Waals surface area contributed by atoms with Crippen LogP contribution in [0.15, 0.2) is 11.0 Å². The molecule has 0 bridgehead atoms. The summed E-state index contributed by atoms with van der Waals surface area (Å²) >= 11 is 1.36. The van der Waals surface area contributed by atoms with Crippen molar-refractivity contribution < 1.29 is 13.2 Å². The van der Waals surface area contributed by atoms with Crippen molar-refractivity contribution in [2.45, 2.75) is 89.0 Å². The van der Waals surface area contributed by atoms with Gasteiger partial charge in [0.05, 0.1) is 11.4 Å². The minimum absolute atomic E-state index is 0.00534. The summed E-state index contributed by atoms with van der Waals surface area (Å²) in [6.07, 6.45) is 10.8. The number of carbonyl (C=O) groups is 1. The number of rotatable bonds is 5. The van der Waals surface area contributed by atoms with Crippen LogP contribution in [0.5, 0.6) is 0 Å². The van der Waals surface area contributed by atoms with Gasteiger partial charge < -0.3 is 9.47 Å². The quantitative estimate of drug-likeness (QED) is 0.651. The van der Waals surface area contributed by atoms with Crippen LogP contribution in [0.1, 0.15) is 85.3 Å². The smallest absolute Gasteiger partial charge is 0.265 e. The number of sulfonamides is 1. The van der Waals surface area contributed by atoms with E-state index in [4.69, 9.17) is 0 Å². The van der Waals surface area contributed by atoms with Gasteiger partial charge in [-0.2, -0.15) is 0 Å². The van der Waals surface area contributed by atoms with Gasteiger partial charge in [0, 0.05) is 31.9 Å². The van der Waals surface area contributed by atoms with Gasteiger partial charge in [-0.25, -0.2) is 18.1 Å². The van der Waals surface area contributed by atoms with E-state index in [2.05, 4.69) is 9.71 Å². The number of likely N-dealkylation sites (tertiary alicyclic amines) is 1. The SMILES string of the molecule is Cc1nc(-c2cc(S(=O)(=O)NC3CCCCCCC3)c(C)n2C)sc1C(=O)N1CCCCC1. The molecule has 0 atom stereocenters. The second kappa shape index (κ2) is 10.3. The maximum absolute atomic E-state index is 13.3. The fourth-order valence-corrected chi connectivity index (χ4v) is 7.63. The Kier molecular flexibility index (Phi) is 7.60. The third kappa shape index (κ3) is 5.35. The predicted octanol–water partition coefficient (Wildman–Crippen LogP) is 4.78. The summed E-state index contributed by atoms with van der Waals surface area (Å²) in [5.74, 6) is 0.0423. The molecular weight excluding hydrogens is 456 g/mol. The summed E-state index contributed by atoms with van der Waals surface area (Å²) in [6, 6.07) is 1.71. The molecule has 182 valence electrons. The lowest BCUT2D eigenvalue weighted by Crippen LogP contribution is -2.35. The molecular formula is C24H36N4O3S2. The highest BCUT2D eigenvalue weighted by molar-refractivity contribution is 7.89. The molecule has 1 aliphatic heterocycles. The number of aromatic nitrogens is 2. The second-order valence-corrected chi connectivity index (χ2v) is 12.2. The molecule has 3 heterocycles. The number of nitrogens with zero attached hydrogens (tertiary/aromatic N) is 3. The molecule has 0 unspecified atom stereocenters. The highest BCUT2D eigenvalue weighted by Gasteiger charge is 2.28. The Balaban J connectivity index is 1.58. The largest absolute Gasteiger partial charge is 0.345 e. The number of amides is 1. The lowest BCUT2D eigenvalue weighted by Gasteiger charge is -2.26. The van der Waals surface area contributed by atoms with Crippen molar-refractivity contribution in [2.24, 2.45) is 7.05 Å². The Hall–Kier alpha value is -1.71. The van der Waals surface area contributed by atoms with Crippen molar-refractivity contribution in [1.29, 1.82) is 0 Å². The number of aryl methyl sites for hydroxylation is 1. The van der Waals surface area contributed by atoms with Crippen molar-refractivity contribution in [3.8, 4) is 10.7 Å². The van der Waals surface area contributed by atoms with Crippen molar-refractivity contribution in [3.05, 3.63) is 22.3 Å². The van der Waals surface area contributed by atoms with Crippen LogP contribution in [0, 0.1) is 13.8 Å². The summed E-state index contributed by atoms with van der Waals surface area (Å²) in [7, 11) is -1.77. The van der Waals surface area contributed by atoms with Gasteiger partial charge in [-0.15, -0.1) is 11.3 Å². The lowest BCUT2D eigenvalue weighted by atomic mass is 9.97.